The highest BCUT2D eigenvalue weighted by molar-refractivity contribution is 5.94. The van der Waals surface area contributed by atoms with E-state index in [1.165, 1.54) is 0 Å². The van der Waals surface area contributed by atoms with E-state index < -0.39 is 0 Å². The van der Waals surface area contributed by atoms with Crippen molar-refractivity contribution in [1.82, 2.24) is 5.32 Å². The zero-order valence-electron chi connectivity index (χ0n) is 13.3. The summed E-state index contributed by atoms with van der Waals surface area (Å²) in [6.45, 7) is 2.70. The number of anilines is 1. The molecule has 0 saturated carbocycles. The lowest BCUT2D eigenvalue weighted by atomic mass is 10.0. The molecule has 2 N–H and O–H groups in total. The van der Waals surface area contributed by atoms with E-state index in [9.17, 15) is 9.59 Å². The topological polar surface area (TPSA) is 76.7 Å². The van der Waals surface area contributed by atoms with Gasteiger partial charge in [0.25, 0.3) is 5.91 Å². The minimum atomic E-state index is -0.154. The molecule has 3 rings (SSSR count). The zero-order valence-corrected chi connectivity index (χ0v) is 13.3. The molecule has 2 aliphatic heterocycles. The van der Waals surface area contributed by atoms with Crippen LogP contribution in [0, 0.1) is 0 Å². The Hall–Kier alpha value is -2.08. The van der Waals surface area contributed by atoms with Gasteiger partial charge in [0.1, 0.15) is 5.75 Å². The smallest absolute Gasteiger partial charge is 0.258 e. The fourth-order valence-corrected chi connectivity index (χ4v) is 2.98. The third-order valence-corrected chi connectivity index (χ3v) is 4.25. The van der Waals surface area contributed by atoms with E-state index in [0.29, 0.717) is 18.6 Å². The highest BCUT2D eigenvalue weighted by atomic mass is 16.5. The number of benzene rings is 1. The molecule has 2 amide bonds. The molecule has 124 valence electrons. The monoisotopic (exact) mass is 318 g/mol. The molecule has 1 aromatic rings. The second-order valence-corrected chi connectivity index (χ2v) is 6.06. The fourth-order valence-electron chi connectivity index (χ4n) is 2.98. The summed E-state index contributed by atoms with van der Waals surface area (Å²) in [5, 5.41) is 5.74. The van der Waals surface area contributed by atoms with E-state index in [0.717, 1.165) is 30.7 Å². The first-order valence-corrected chi connectivity index (χ1v) is 8.08. The Morgan fingerprint density at radius 2 is 2.35 bits per heavy atom. The van der Waals surface area contributed by atoms with Crippen molar-refractivity contribution < 1.29 is 19.1 Å². The maximum atomic E-state index is 12.0. The summed E-state index contributed by atoms with van der Waals surface area (Å²) in [6, 6.07) is 5.45. The molecule has 0 spiro atoms. The molecule has 0 radical (unpaired) electrons. The molecule has 1 fully saturated rings. The van der Waals surface area contributed by atoms with Crippen LogP contribution < -0.4 is 15.4 Å². The van der Waals surface area contributed by atoms with Crippen LogP contribution in [0.15, 0.2) is 18.2 Å². The lowest BCUT2D eigenvalue weighted by Crippen LogP contribution is -2.42. The Bertz CT molecular complexity index is 596. The minimum Gasteiger partial charge on any atom is -0.484 e. The van der Waals surface area contributed by atoms with E-state index in [-0.39, 0.29) is 30.6 Å². The Kier molecular flexibility index (Phi) is 4.81. The van der Waals surface area contributed by atoms with E-state index in [4.69, 9.17) is 9.47 Å². The Morgan fingerprint density at radius 3 is 3.13 bits per heavy atom. The van der Waals surface area contributed by atoms with Crippen molar-refractivity contribution in [3.05, 3.63) is 23.8 Å². The second kappa shape index (κ2) is 7.00. The minimum absolute atomic E-state index is 0.00709. The number of hydrogen-bond acceptors (Lipinski definition) is 4. The van der Waals surface area contributed by atoms with Gasteiger partial charge >= 0.3 is 0 Å². The van der Waals surface area contributed by atoms with Gasteiger partial charge in [-0.05, 0) is 49.9 Å². The Labute approximate surface area is 135 Å². The van der Waals surface area contributed by atoms with Gasteiger partial charge in [-0.2, -0.15) is 0 Å². The van der Waals surface area contributed by atoms with Gasteiger partial charge in [-0.3, -0.25) is 9.59 Å². The van der Waals surface area contributed by atoms with Gasteiger partial charge in [0.05, 0.1) is 12.1 Å². The number of rotatable bonds is 5. The number of ether oxygens (including phenoxy) is 2. The molecule has 1 aromatic carbocycles. The van der Waals surface area contributed by atoms with E-state index in [2.05, 4.69) is 10.6 Å². The fraction of sp³-hybridized carbons (Fsp3) is 0.529. The average molecular weight is 318 g/mol. The third kappa shape index (κ3) is 4.01. The van der Waals surface area contributed by atoms with Crippen molar-refractivity contribution in [3.8, 4) is 5.75 Å². The molecule has 2 aliphatic rings. The Balaban J connectivity index is 1.50. The van der Waals surface area contributed by atoms with Crippen molar-refractivity contribution >= 4 is 17.5 Å². The first kappa shape index (κ1) is 15.8. The van der Waals surface area contributed by atoms with Crippen LogP contribution in [0.3, 0.4) is 0 Å². The van der Waals surface area contributed by atoms with Crippen LogP contribution in [0.5, 0.6) is 5.75 Å². The largest absolute Gasteiger partial charge is 0.484 e. The van der Waals surface area contributed by atoms with E-state index >= 15 is 0 Å². The van der Waals surface area contributed by atoms with Crippen molar-refractivity contribution in [1.29, 1.82) is 0 Å². The van der Waals surface area contributed by atoms with Gasteiger partial charge < -0.3 is 20.1 Å². The summed E-state index contributed by atoms with van der Waals surface area (Å²) in [5.41, 5.74) is 1.86. The maximum absolute atomic E-state index is 12.0. The molecule has 6 heteroatoms. The zero-order chi connectivity index (χ0) is 16.2. The number of fused-ring (bicyclic) bond motifs is 1. The van der Waals surface area contributed by atoms with Crippen LogP contribution in [-0.4, -0.2) is 37.2 Å². The van der Waals surface area contributed by atoms with Gasteiger partial charge in [-0.15, -0.1) is 0 Å². The predicted octanol–water partition coefficient (Wildman–Crippen LogP) is 1.63. The molecule has 2 heterocycles. The number of hydrogen-bond donors (Lipinski definition) is 2. The predicted molar refractivity (Wildman–Crippen MR) is 85.5 cm³/mol. The number of carbonyl (C=O) groups is 2. The summed E-state index contributed by atoms with van der Waals surface area (Å²) < 4.78 is 11.1. The lowest BCUT2D eigenvalue weighted by Gasteiger charge is -2.20. The SMILES string of the molecule is C[C@H](NC(=O)COc1ccc2c(c1)CCC(=O)N2)[C@H]1CCCO1. The van der Waals surface area contributed by atoms with E-state index in [1.54, 1.807) is 6.07 Å². The highest BCUT2D eigenvalue weighted by Gasteiger charge is 2.23. The van der Waals surface area contributed by atoms with Crippen LogP contribution in [0.4, 0.5) is 5.69 Å². The first-order valence-electron chi connectivity index (χ1n) is 8.08. The van der Waals surface area contributed by atoms with E-state index in [1.807, 2.05) is 19.1 Å². The number of aryl methyl sites for hydroxylation is 1. The number of carbonyl (C=O) groups excluding carboxylic acids is 2. The van der Waals surface area contributed by atoms with Crippen LogP contribution in [0.1, 0.15) is 31.7 Å². The van der Waals surface area contributed by atoms with Crippen molar-refractivity contribution in [3.63, 3.8) is 0 Å². The molecular formula is C17H22N2O4. The molecule has 0 bridgehead atoms. The average Bonchev–Trinajstić information content (AvgIpc) is 3.07. The molecular weight excluding hydrogens is 296 g/mol. The molecule has 2 atom stereocenters. The molecule has 0 aliphatic carbocycles. The normalized spacial score (nSPS) is 21.3. The van der Waals surface area contributed by atoms with Gasteiger partial charge in [-0.1, -0.05) is 0 Å². The molecule has 1 saturated heterocycles. The lowest BCUT2D eigenvalue weighted by molar-refractivity contribution is -0.124. The maximum Gasteiger partial charge on any atom is 0.258 e. The summed E-state index contributed by atoms with van der Waals surface area (Å²) >= 11 is 0. The Morgan fingerprint density at radius 1 is 1.48 bits per heavy atom. The summed E-state index contributed by atoms with van der Waals surface area (Å²) in [4.78, 5) is 23.3. The molecule has 0 unspecified atom stereocenters. The quantitative estimate of drug-likeness (QED) is 0.865. The number of amides is 2. The van der Waals surface area contributed by atoms with Crippen LogP contribution in [0.25, 0.3) is 0 Å². The molecule has 6 nitrogen and oxygen atoms in total. The standard InChI is InChI=1S/C17H22N2O4/c1-11(15-3-2-8-22-15)18-17(21)10-23-13-5-6-14-12(9-13)4-7-16(20)19-14/h5-6,9,11,15H,2-4,7-8,10H2,1H3,(H,18,21)(H,19,20)/t11-,15+/m0/s1. The van der Waals surface area contributed by atoms with Crippen molar-refractivity contribution in [2.24, 2.45) is 0 Å². The van der Waals surface area contributed by atoms with Crippen molar-refractivity contribution in [2.75, 3.05) is 18.5 Å². The van der Waals surface area contributed by atoms with Crippen molar-refractivity contribution in [2.45, 2.75) is 44.8 Å². The highest BCUT2D eigenvalue weighted by Crippen LogP contribution is 2.26. The molecule has 0 aromatic heterocycles. The first-order chi connectivity index (χ1) is 11.1. The van der Waals surface area contributed by atoms with Crippen LogP contribution >= 0.6 is 0 Å². The van der Waals surface area contributed by atoms with Gasteiger partial charge in [0.2, 0.25) is 5.91 Å². The van der Waals surface area contributed by atoms with Gasteiger partial charge in [0.15, 0.2) is 6.61 Å². The summed E-state index contributed by atoms with van der Waals surface area (Å²) in [6.07, 6.45) is 3.31. The second-order valence-electron chi connectivity index (χ2n) is 6.06. The van der Waals surface area contributed by atoms with Gasteiger partial charge in [0, 0.05) is 18.7 Å². The van der Waals surface area contributed by atoms with Crippen LogP contribution in [-0.2, 0) is 20.7 Å². The third-order valence-electron chi connectivity index (χ3n) is 4.25. The molecule has 23 heavy (non-hydrogen) atoms. The van der Waals surface area contributed by atoms with Gasteiger partial charge in [-0.25, -0.2) is 0 Å². The summed E-state index contributed by atoms with van der Waals surface area (Å²) in [5.74, 6) is 0.521. The van der Waals surface area contributed by atoms with Crippen LogP contribution in [0.2, 0.25) is 0 Å². The number of nitrogens with one attached hydrogen (secondary N) is 2. The summed E-state index contributed by atoms with van der Waals surface area (Å²) in [7, 11) is 0.